The van der Waals surface area contributed by atoms with Gasteiger partial charge in [-0.25, -0.2) is 0 Å². The molecule has 1 saturated heterocycles. The maximum Gasteiger partial charge on any atom is 0.0442 e. The van der Waals surface area contributed by atoms with Crippen molar-refractivity contribution in [2.24, 2.45) is 0 Å². The molecule has 0 unspecified atom stereocenters. The van der Waals surface area contributed by atoms with Crippen molar-refractivity contribution >= 4 is 5.69 Å². The van der Waals surface area contributed by atoms with Crippen LogP contribution in [-0.2, 0) is 6.54 Å². The maximum atomic E-state index is 4.29. The van der Waals surface area contributed by atoms with Gasteiger partial charge in [0.05, 0.1) is 0 Å². The molecule has 4 heteroatoms. The number of nitrogens with zero attached hydrogens (tertiary/aromatic N) is 3. The number of likely N-dealkylation sites (tertiary alicyclic amines) is 1. The second-order valence-corrected chi connectivity index (χ2v) is 6.19. The van der Waals surface area contributed by atoms with Crippen LogP contribution in [0.25, 0.3) is 0 Å². The van der Waals surface area contributed by atoms with E-state index in [-0.39, 0.29) is 0 Å². The van der Waals surface area contributed by atoms with E-state index >= 15 is 0 Å². The highest BCUT2D eigenvalue weighted by molar-refractivity contribution is 5.52. The molecule has 0 spiro atoms. The zero-order chi connectivity index (χ0) is 14.5. The predicted octanol–water partition coefficient (Wildman–Crippen LogP) is 2.11. The molecule has 4 nitrogen and oxygen atoms in total. The lowest BCUT2D eigenvalue weighted by molar-refractivity contribution is 0.252. The molecule has 0 aromatic carbocycles. The Hall–Kier alpha value is -1.13. The lowest BCUT2D eigenvalue weighted by Gasteiger charge is -2.37. The van der Waals surface area contributed by atoms with Crippen LogP contribution in [0.5, 0.6) is 0 Å². The maximum absolute atomic E-state index is 4.29. The van der Waals surface area contributed by atoms with E-state index in [0.29, 0.717) is 12.1 Å². The normalized spacial score (nSPS) is 17.6. The van der Waals surface area contributed by atoms with Crippen LogP contribution in [0.2, 0.25) is 0 Å². The summed E-state index contributed by atoms with van der Waals surface area (Å²) in [5.74, 6) is 0. The first-order chi connectivity index (χ1) is 9.58. The second-order valence-electron chi connectivity index (χ2n) is 6.19. The monoisotopic (exact) mass is 276 g/mol. The number of hydrogen-bond donors (Lipinski definition) is 1. The fourth-order valence-corrected chi connectivity index (χ4v) is 2.79. The third-order valence-electron chi connectivity index (χ3n) is 4.19. The first-order valence-electron chi connectivity index (χ1n) is 7.65. The molecule has 0 atom stereocenters. The van der Waals surface area contributed by atoms with Gasteiger partial charge in [-0.15, -0.1) is 0 Å². The number of rotatable bonds is 5. The number of aromatic nitrogens is 1. The van der Waals surface area contributed by atoms with E-state index in [4.69, 9.17) is 0 Å². The van der Waals surface area contributed by atoms with Gasteiger partial charge in [0.1, 0.15) is 0 Å². The van der Waals surface area contributed by atoms with Crippen molar-refractivity contribution in [1.29, 1.82) is 0 Å². The summed E-state index contributed by atoms with van der Waals surface area (Å²) in [7, 11) is 4.44. The summed E-state index contributed by atoms with van der Waals surface area (Å²) in [5.41, 5.74) is 2.62. The lowest BCUT2D eigenvalue weighted by atomic mass is 10.0. The van der Waals surface area contributed by atoms with Crippen LogP contribution in [0, 0.1) is 0 Å². The number of nitrogens with one attached hydrogen (secondary N) is 1. The summed E-state index contributed by atoms with van der Waals surface area (Å²) in [6, 6.07) is 3.29. The topological polar surface area (TPSA) is 31.4 Å². The molecular weight excluding hydrogens is 248 g/mol. The van der Waals surface area contributed by atoms with Crippen LogP contribution in [-0.4, -0.2) is 49.2 Å². The molecule has 1 fully saturated rings. The van der Waals surface area contributed by atoms with Crippen LogP contribution in [0.1, 0.15) is 32.3 Å². The molecule has 1 aliphatic rings. The van der Waals surface area contributed by atoms with Crippen molar-refractivity contribution in [2.75, 3.05) is 32.1 Å². The van der Waals surface area contributed by atoms with Crippen LogP contribution in [0.15, 0.2) is 18.5 Å². The van der Waals surface area contributed by atoms with Crippen molar-refractivity contribution in [3.8, 4) is 0 Å². The molecule has 1 aromatic rings. The van der Waals surface area contributed by atoms with Crippen molar-refractivity contribution in [2.45, 2.75) is 45.3 Å². The zero-order valence-corrected chi connectivity index (χ0v) is 13.3. The number of pyridine rings is 1. The van der Waals surface area contributed by atoms with Crippen LogP contribution in [0.3, 0.4) is 0 Å². The van der Waals surface area contributed by atoms with Gasteiger partial charge < -0.3 is 15.1 Å². The van der Waals surface area contributed by atoms with Crippen LogP contribution >= 0.6 is 0 Å². The summed E-state index contributed by atoms with van der Waals surface area (Å²) in [6.07, 6.45) is 6.38. The van der Waals surface area contributed by atoms with Gasteiger partial charge in [-0.1, -0.05) is 13.8 Å². The molecule has 0 aliphatic carbocycles. The molecule has 0 radical (unpaired) electrons. The number of piperidine rings is 1. The summed E-state index contributed by atoms with van der Waals surface area (Å²) < 4.78 is 0. The molecule has 1 aromatic heterocycles. The second kappa shape index (κ2) is 7.04. The first-order valence-corrected chi connectivity index (χ1v) is 7.65. The Morgan fingerprint density at radius 2 is 2.10 bits per heavy atom. The van der Waals surface area contributed by atoms with Gasteiger partial charge in [-0.3, -0.25) is 4.98 Å². The number of anilines is 1. The molecule has 0 amide bonds. The average Bonchev–Trinajstić information content (AvgIpc) is 2.45. The third kappa shape index (κ3) is 3.93. The Bertz CT molecular complexity index is 411. The quantitative estimate of drug-likeness (QED) is 0.892. The average molecular weight is 276 g/mol. The Morgan fingerprint density at radius 3 is 2.75 bits per heavy atom. The molecule has 20 heavy (non-hydrogen) atoms. The van der Waals surface area contributed by atoms with Crippen molar-refractivity contribution in [1.82, 2.24) is 15.2 Å². The molecule has 0 saturated carbocycles. The molecule has 1 N–H and O–H groups in total. The molecule has 112 valence electrons. The Labute approximate surface area is 123 Å². The Kier molecular flexibility index (Phi) is 5.38. The van der Waals surface area contributed by atoms with Crippen LogP contribution in [0.4, 0.5) is 5.69 Å². The van der Waals surface area contributed by atoms with Crippen molar-refractivity contribution in [3.05, 3.63) is 24.0 Å². The molecule has 1 aliphatic heterocycles. The van der Waals surface area contributed by atoms with Crippen LogP contribution < -0.4 is 10.2 Å². The minimum absolute atomic E-state index is 0.497. The highest BCUT2D eigenvalue weighted by Gasteiger charge is 2.22. The van der Waals surface area contributed by atoms with Gasteiger partial charge >= 0.3 is 0 Å². The summed E-state index contributed by atoms with van der Waals surface area (Å²) in [6.45, 7) is 7.63. The highest BCUT2D eigenvalue weighted by Crippen LogP contribution is 2.24. The SMILES string of the molecule is CC(C)NCc1cnccc1N(C)C1CCN(C)CC1. The minimum Gasteiger partial charge on any atom is -0.371 e. The van der Waals surface area contributed by atoms with E-state index in [2.05, 4.69) is 54.1 Å². The number of hydrogen-bond acceptors (Lipinski definition) is 4. The Balaban J connectivity index is 2.06. The largest absolute Gasteiger partial charge is 0.371 e. The standard InChI is InChI=1S/C16H28N4/c1-13(2)18-12-14-11-17-8-5-16(14)20(4)15-6-9-19(3)10-7-15/h5,8,11,13,15,18H,6-7,9-10,12H2,1-4H3. The van der Waals surface area contributed by atoms with Gasteiger partial charge in [0.25, 0.3) is 0 Å². The fraction of sp³-hybridized carbons (Fsp3) is 0.688. The zero-order valence-electron chi connectivity index (χ0n) is 13.3. The molecule has 2 rings (SSSR count). The van der Waals surface area contributed by atoms with E-state index in [1.165, 1.54) is 37.2 Å². The van der Waals surface area contributed by atoms with Gasteiger partial charge in [0.2, 0.25) is 0 Å². The van der Waals surface area contributed by atoms with Gasteiger partial charge in [-0.05, 0) is 39.0 Å². The Morgan fingerprint density at radius 1 is 1.40 bits per heavy atom. The third-order valence-corrected chi connectivity index (χ3v) is 4.19. The first kappa shape index (κ1) is 15.3. The smallest absolute Gasteiger partial charge is 0.0442 e. The van der Waals surface area contributed by atoms with E-state index in [1.807, 2.05) is 12.4 Å². The van der Waals surface area contributed by atoms with Gasteiger partial charge in [0, 0.05) is 49.3 Å². The molecule has 0 bridgehead atoms. The van der Waals surface area contributed by atoms with Crippen molar-refractivity contribution < 1.29 is 0 Å². The van der Waals surface area contributed by atoms with E-state index in [0.717, 1.165) is 6.54 Å². The van der Waals surface area contributed by atoms with E-state index in [1.54, 1.807) is 0 Å². The molecular formula is C16H28N4. The summed E-state index contributed by atoms with van der Waals surface area (Å²) in [4.78, 5) is 9.15. The lowest BCUT2D eigenvalue weighted by Crippen LogP contribution is -2.42. The fourth-order valence-electron chi connectivity index (χ4n) is 2.79. The van der Waals surface area contributed by atoms with Gasteiger partial charge in [0.15, 0.2) is 0 Å². The van der Waals surface area contributed by atoms with E-state index in [9.17, 15) is 0 Å². The minimum atomic E-state index is 0.497. The summed E-state index contributed by atoms with van der Waals surface area (Å²) >= 11 is 0. The summed E-state index contributed by atoms with van der Waals surface area (Å²) in [5, 5.41) is 3.49. The van der Waals surface area contributed by atoms with E-state index < -0.39 is 0 Å². The molecule has 2 heterocycles. The van der Waals surface area contributed by atoms with Gasteiger partial charge in [-0.2, -0.15) is 0 Å². The highest BCUT2D eigenvalue weighted by atomic mass is 15.2. The predicted molar refractivity (Wildman–Crippen MR) is 85.1 cm³/mol. The van der Waals surface area contributed by atoms with Crippen molar-refractivity contribution in [3.63, 3.8) is 0 Å².